The van der Waals surface area contributed by atoms with E-state index >= 15 is 0 Å². The lowest BCUT2D eigenvalue weighted by Crippen LogP contribution is -2.10. The van der Waals surface area contributed by atoms with Crippen LogP contribution in [0.4, 0.5) is 0 Å². The molecule has 0 spiro atoms. The van der Waals surface area contributed by atoms with E-state index < -0.39 is 5.97 Å². The maximum absolute atomic E-state index is 11.8. The Hall–Kier alpha value is -2.10. The van der Waals surface area contributed by atoms with Crippen LogP contribution in [-0.2, 0) is 14.3 Å². The molecule has 0 heterocycles. The second-order valence-electron chi connectivity index (χ2n) is 4.79. The zero-order valence-corrected chi connectivity index (χ0v) is 12.6. The summed E-state index contributed by atoms with van der Waals surface area (Å²) in [5.74, 6) is -0.350. The molecule has 21 heavy (non-hydrogen) atoms. The fourth-order valence-electron chi connectivity index (χ4n) is 1.72. The van der Waals surface area contributed by atoms with Gasteiger partial charge < -0.3 is 9.47 Å². The molecule has 114 valence electrons. The van der Waals surface area contributed by atoms with Crippen LogP contribution in [0.1, 0.15) is 48.5 Å². The summed E-state index contributed by atoms with van der Waals surface area (Å²) in [6.07, 6.45) is 2.63. The van der Waals surface area contributed by atoms with Crippen LogP contribution >= 0.6 is 0 Å². The van der Waals surface area contributed by atoms with Crippen LogP contribution < -0.4 is 0 Å². The summed E-state index contributed by atoms with van der Waals surface area (Å²) in [6.45, 7) is 8.01. The van der Waals surface area contributed by atoms with Crippen LogP contribution in [0.3, 0.4) is 0 Å². The first kappa shape index (κ1) is 17.0. The number of hydrogen-bond donors (Lipinski definition) is 0. The van der Waals surface area contributed by atoms with Gasteiger partial charge in [-0.3, -0.25) is 0 Å². The fourth-order valence-corrected chi connectivity index (χ4v) is 1.72. The van der Waals surface area contributed by atoms with E-state index in [1.807, 2.05) is 12.1 Å². The van der Waals surface area contributed by atoms with Crippen molar-refractivity contribution >= 4 is 11.9 Å². The second-order valence-corrected chi connectivity index (χ2v) is 4.79. The number of ether oxygens (including phenoxy) is 2. The molecule has 0 radical (unpaired) electrons. The predicted octanol–water partition coefficient (Wildman–Crippen LogP) is 3.48. The van der Waals surface area contributed by atoms with Crippen molar-refractivity contribution in [3.63, 3.8) is 0 Å². The van der Waals surface area contributed by atoms with Crippen molar-refractivity contribution < 1.29 is 19.1 Å². The Morgan fingerprint density at radius 1 is 1.19 bits per heavy atom. The molecule has 0 aliphatic rings. The molecule has 0 aliphatic carbocycles. The number of esters is 2. The molecule has 0 saturated carbocycles. The largest absolute Gasteiger partial charge is 0.462 e. The topological polar surface area (TPSA) is 52.6 Å². The first-order valence-electron chi connectivity index (χ1n) is 7.14. The molecular formula is C17H22O4. The van der Waals surface area contributed by atoms with Crippen molar-refractivity contribution in [3.8, 4) is 0 Å². The zero-order valence-electron chi connectivity index (χ0n) is 12.6. The average Bonchev–Trinajstić information content (AvgIpc) is 2.53. The van der Waals surface area contributed by atoms with Crippen LogP contribution in [0.25, 0.3) is 0 Å². The van der Waals surface area contributed by atoms with Gasteiger partial charge in [-0.05, 0) is 30.0 Å². The van der Waals surface area contributed by atoms with E-state index in [2.05, 4.69) is 20.4 Å². The van der Waals surface area contributed by atoms with Crippen molar-refractivity contribution in [2.24, 2.45) is 0 Å². The Bertz CT molecular complexity index is 476. The highest BCUT2D eigenvalue weighted by Crippen LogP contribution is 2.19. The second kappa shape index (κ2) is 8.95. The molecule has 1 atom stereocenters. The molecule has 1 aromatic rings. The predicted molar refractivity (Wildman–Crippen MR) is 81.2 cm³/mol. The third-order valence-electron chi connectivity index (χ3n) is 3.26. The summed E-state index contributed by atoms with van der Waals surface area (Å²) in [5, 5.41) is 0. The molecule has 4 heteroatoms. The third-order valence-corrected chi connectivity index (χ3v) is 3.26. The molecule has 1 rings (SSSR count). The van der Waals surface area contributed by atoms with E-state index in [1.165, 1.54) is 5.56 Å². The molecule has 0 saturated heterocycles. The van der Waals surface area contributed by atoms with E-state index in [4.69, 9.17) is 9.47 Å². The maximum atomic E-state index is 11.8. The van der Waals surface area contributed by atoms with Gasteiger partial charge in [-0.15, -0.1) is 0 Å². The summed E-state index contributed by atoms with van der Waals surface area (Å²) in [5.41, 5.74) is 1.75. The molecule has 0 amide bonds. The van der Waals surface area contributed by atoms with E-state index in [-0.39, 0.29) is 19.2 Å². The molecule has 0 aliphatic heterocycles. The highest BCUT2D eigenvalue weighted by atomic mass is 16.5. The van der Waals surface area contributed by atoms with Crippen molar-refractivity contribution in [1.29, 1.82) is 0 Å². The lowest BCUT2D eigenvalue weighted by Gasteiger charge is -2.09. The smallest absolute Gasteiger partial charge is 0.338 e. The van der Waals surface area contributed by atoms with Gasteiger partial charge in [-0.1, -0.05) is 32.6 Å². The first-order valence-corrected chi connectivity index (χ1v) is 7.14. The van der Waals surface area contributed by atoms with Crippen molar-refractivity contribution in [2.75, 3.05) is 13.2 Å². The summed E-state index contributed by atoms with van der Waals surface area (Å²) >= 11 is 0. The lowest BCUT2D eigenvalue weighted by atomic mass is 9.98. The number of rotatable bonds is 8. The van der Waals surface area contributed by atoms with E-state index in [9.17, 15) is 9.59 Å². The van der Waals surface area contributed by atoms with Crippen LogP contribution in [0.15, 0.2) is 36.9 Å². The van der Waals surface area contributed by atoms with Gasteiger partial charge in [0.05, 0.1) is 18.8 Å². The van der Waals surface area contributed by atoms with Crippen molar-refractivity contribution in [1.82, 2.24) is 0 Å². The van der Waals surface area contributed by atoms with Gasteiger partial charge in [-0.2, -0.15) is 0 Å². The summed E-state index contributed by atoms with van der Waals surface area (Å²) < 4.78 is 9.90. The molecule has 1 unspecified atom stereocenters. The van der Waals surface area contributed by atoms with Gasteiger partial charge in [0, 0.05) is 12.5 Å². The third kappa shape index (κ3) is 5.81. The van der Waals surface area contributed by atoms with Crippen LogP contribution in [-0.4, -0.2) is 25.2 Å². The number of carbonyl (C=O) groups is 2. The maximum Gasteiger partial charge on any atom is 0.338 e. The Labute approximate surface area is 125 Å². The number of benzene rings is 1. The fraction of sp³-hybridized carbons (Fsp3) is 0.412. The minimum Gasteiger partial charge on any atom is -0.462 e. The highest BCUT2D eigenvalue weighted by Gasteiger charge is 2.08. The van der Waals surface area contributed by atoms with Gasteiger partial charge >= 0.3 is 11.9 Å². The van der Waals surface area contributed by atoms with Gasteiger partial charge in [-0.25, -0.2) is 9.59 Å². The Kier molecular flexibility index (Phi) is 7.23. The molecular weight excluding hydrogens is 268 g/mol. The SMILES string of the molecule is C=CC(=O)OCCCOC(=O)c1ccc(C(C)CC)cc1. The van der Waals surface area contributed by atoms with Gasteiger partial charge in [0.2, 0.25) is 0 Å². The minimum atomic E-state index is -0.470. The molecule has 1 aromatic carbocycles. The highest BCUT2D eigenvalue weighted by molar-refractivity contribution is 5.89. The standard InChI is InChI=1S/C17H22O4/c1-4-13(3)14-7-9-15(10-8-14)17(19)21-12-6-11-20-16(18)5-2/h5,7-10,13H,2,4,6,11-12H2,1,3H3. The van der Waals surface area contributed by atoms with Crippen LogP contribution in [0.5, 0.6) is 0 Å². The average molecular weight is 290 g/mol. The molecule has 4 nitrogen and oxygen atoms in total. The quantitative estimate of drug-likeness (QED) is 0.418. The Balaban J connectivity index is 2.35. The molecule has 0 aromatic heterocycles. The van der Waals surface area contributed by atoms with Gasteiger partial charge in [0.1, 0.15) is 0 Å². The van der Waals surface area contributed by atoms with E-state index in [0.29, 0.717) is 17.9 Å². The van der Waals surface area contributed by atoms with E-state index in [0.717, 1.165) is 12.5 Å². The summed E-state index contributed by atoms with van der Waals surface area (Å²) in [6, 6.07) is 7.47. The van der Waals surface area contributed by atoms with Crippen LogP contribution in [0.2, 0.25) is 0 Å². The summed E-state index contributed by atoms with van der Waals surface area (Å²) in [4.78, 5) is 22.6. The normalized spacial score (nSPS) is 11.5. The van der Waals surface area contributed by atoms with Gasteiger partial charge in [0.25, 0.3) is 0 Å². The monoisotopic (exact) mass is 290 g/mol. The summed E-state index contributed by atoms with van der Waals surface area (Å²) in [7, 11) is 0. The number of hydrogen-bond acceptors (Lipinski definition) is 4. The van der Waals surface area contributed by atoms with Crippen LogP contribution in [0, 0.1) is 0 Å². The lowest BCUT2D eigenvalue weighted by molar-refractivity contribution is -0.137. The molecule has 0 bridgehead atoms. The van der Waals surface area contributed by atoms with Gasteiger partial charge in [0.15, 0.2) is 0 Å². The van der Waals surface area contributed by atoms with Crippen molar-refractivity contribution in [3.05, 3.63) is 48.0 Å². The molecule has 0 fully saturated rings. The van der Waals surface area contributed by atoms with E-state index in [1.54, 1.807) is 12.1 Å². The Morgan fingerprint density at radius 3 is 2.38 bits per heavy atom. The minimum absolute atomic E-state index is 0.213. The zero-order chi connectivity index (χ0) is 15.7. The first-order chi connectivity index (χ1) is 10.1. The van der Waals surface area contributed by atoms with Crippen molar-refractivity contribution in [2.45, 2.75) is 32.6 Å². The number of carbonyl (C=O) groups excluding carboxylic acids is 2. The Morgan fingerprint density at radius 2 is 1.81 bits per heavy atom. The molecule has 0 N–H and O–H groups in total.